The van der Waals surface area contributed by atoms with Gasteiger partial charge < -0.3 is 0 Å². The van der Waals surface area contributed by atoms with Crippen LogP contribution in [0.15, 0.2) is 71.0 Å². The lowest BCUT2D eigenvalue weighted by molar-refractivity contribution is 0.343. The lowest BCUT2D eigenvalue weighted by atomic mass is 10.2. The van der Waals surface area contributed by atoms with Crippen LogP contribution in [0.5, 0.6) is 0 Å². The minimum absolute atomic E-state index is 0.955. The number of hydrazine groups is 1. The summed E-state index contributed by atoms with van der Waals surface area (Å²) in [5, 5.41) is 4.57. The maximum atomic E-state index is 3.82. The highest BCUT2D eigenvalue weighted by atomic mass is 32.2. The molecule has 0 fully saturated rings. The van der Waals surface area contributed by atoms with Gasteiger partial charge in [-0.1, -0.05) is 42.1 Å². The highest BCUT2D eigenvalue weighted by Crippen LogP contribution is 2.48. The number of fused-ring (bicyclic) bond motifs is 2. The van der Waals surface area contributed by atoms with Gasteiger partial charge in [0.25, 0.3) is 0 Å². The number of para-hydroxylation sites is 2. The number of hydrogen-bond acceptors (Lipinski definition) is 3. The van der Waals surface area contributed by atoms with Gasteiger partial charge in [0.15, 0.2) is 0 Å². The summed E-state index contributed by atoms with van der Waals surface area (Å²) in [7, 11) is 2.13. The molecule has 0 unspecified atom stereocenters. The maximum absolute atomic E-state index is 3.82. The van der Waals surface area contributed by atoms with E-state index in [1.807, 2.05) is 17.8 Å². The molecule has 3 heteroatoms. The molecule has 1 aliphatic rings. The molecule has 0 radical (unpaired) electrons. The molecule has 0 aromatic heterocycles. The first-order chi connectivity index (χ1) is 9.81. The molecule has 3 rings (SSSR count). The predicted octanol–water partition coefficient (Wildman–Crippen LogP) is 4.71. The van der Waals surface area contributed by atoms with E-state index >= 15 is 0 Å². The summed E-state index contributed by atoms with van der Waals surface area (Å²) < 4.78 is 0. The molecule has 20 heavy (non-hydrogen) atoms. The molecule has 0 N–H and O–H groups in total. The summed E-state index contributed by atoms with van der Waals surface area (Å²) >= 11 is 1.84. The zero-order chi connectivity index (χ0) is 13.9. The van der Waals surface area contributed by atoms with Crippen molar-refractivity contribution in [1.29, 1.82) is 0 Å². The van der Waals surface area contributed by atoms with E-state index < -0.39 is 0 Å². The highest BCUT2D eigenvalue weighted by molar-refractivity contribution is 7.99. The van der Waals surface area contributed by atoms with E-state index in [0.29, 0.717) is 0 Å². The van der Waals surface area contributed by atoms with E-state index in [9.17, 15) is 0 Å². The van der Waals surface area contributed by atoms with Crippen molar-refractivity contribution in [2.45, 2.75) is 16.2 Å². The molecule has 0 saturated carbocycles. The first-order valence-electron chi connectivity index (χ1n) is 6.79. The topological polar surface area (TPSA) is 6.48 Å². The zero-order valence-corrected chi connectivity index (χ0v) is 12.4. The molecule has 0 aliphatic carbocycles. The molecule has 2 aromatic carbocycles. The molecule has 102 valence electrons. The van der Waals surface area contributed by atoms with Gasteiger partial charge >= 0.3 is 0 Å². The zero-order valence-electron chi connectivity index (χ0n) is 11.6. The molecule has 1 aliphatic heterocycles. The van der Waals surface area contributed by atoms with E-state index in [1.54, 1.807) is 0 Å². The molecular weight excluding hydrogens is 264 g/mol. The molecule has 0 amide bonds. The van der Waals surface area contributed by atoms with Crippen LogP contribution in [0.1, 0.15) is 6.42 Å². The van der Waals surface area contributed by atoms with E-state index in [2.05, 4.69) is 72.2 Å². The van der Waals surface area contributed by atoms with Gasteiger partial charge in [-0.2, -0.15) is 0 Å². The Labute approximate surface area is 124 Å². The van der Waals surface area contributed by atoms with Crippen molar-refractivity contribution in [3.63, 3.8) is 0 Å². The van der Waals surface area contributed by atoms with Crippen molar-refractivity contribution in [1.82, 2.24) is 5.01 Å². The smallest absolute Gasteiger partial charge is 0.0720 e. The van der Waals surface area contributed by atoms with Crippen LogP contribution in [0, 0.1) is 0 Å². The number of anilines is 2. The molecule has 0 spiro atoms. The molecule has 0 atom stereocenters. The standard InChI is InChI=1S/C17H18N2S/c1-3-4-13-18(2)19-14-9-5-7-11-16(14)20-17-12-8-6-10-15(17)19/h3,5-12H,1,4,13H2,2H3. The third-order valence-corrected chi connectivity index (χ3v) is 4.54. The average molecular weight is 282 g/mol. The first kappa shape index (κ1) is 13.3. The van der Waals surface area contributed by atoms with Crippen LogP contribution in [-0.2, 0) is 0 Å². The largest absolute Gasteiger partial charge is 0.272 e. The van der Waals surface area contributed by atoms with Crippen molar-refractivity contribution in [2.24, 2.45) is 0 Å². The maximum Gasteiger partial charge on any atom is 0.0720 e. The molecule has 0 saturated heterocycles. The normalized spacial score (nSPS) is 13.0. The molecule has 2 aromatic rings. The number of rotatable bonds is 4. The van der Waals surface area contributed by atoms with Crippen LogP contribution in [0.25, 0.3) is 0 Å². The van der Waals surface area contributed by atoms with Gasteiger partial charge in [0, 0.05) is 23.4 Å². The summed E-state index contributed by atoms with van der Waals surface area (Å²) in [5.74, 6) is 0. The second-order valence-corrected chi connectivity index (χ2v) is 5.89. The summed E-state index contributed by atoms with van der Waals surface area (Å²) in [6.07, 6.45) is 2.94. The molecule has 1 heterocycles. The lowest BCUT2D eigenvalue weighted by Crippen LogP contribution is -2.38. The minimum Gasteiger partial charge on any atom is -0.272 e. The second kappa shape index (κ2) is 5.73. The molecular formula is C17H18N2S. The van der Waals surface area contributed by atoms with E-state index in [0.717, 1.165) is 13.0 Å². The summed E-state index contributed by atoms with van der Waals surface area (Å²) in [6.45, 7) is 4.77. The Morgan fingerprint density at radius 1 is 1.05 bits per heavy atom. The Morgan fingerprint density at radius 3 is 2.15 bits per heavy atom. The Bertz CT molecular complexity index is 578. The van der Waals surface area contributed by atoms with Gasteiger partial charge in [-0.25, -0.2) is 5.01 Å². The SMILES string of the molecule is C=CCCN(C)N1c2ccccc2Sc2ccccc21. The Morgan fingerprint density at radius 2 is 1.60 bits per heavy atom. The van der Waals surface area contributed by atoms with Crippen LogP contribution in [-0.4, -0.2) is 18.6 Å². The third-order valence-electron chi connectivity index (χ3n) is 3.41. The fourth-order valence-corrected chi connectivity index (χ4v) is 3.48. The van der Waals surface area contributed by atoms with Crippen molar-refractivity contribution in [3.8, 4) is 0 Å². The van der Waals surface area contributed by atoms with Gasteiger partial charge in [0.1, 0.15) is 0 Å². The summed E-state index contributed by atoms with van der Waals surface area (Å²) in [4.78, 5) is 2.60. The Hall–Kier alpha value is -1.71. The average Bonchev–Trinajstić information content (AvgIpc) is 2.50. The fraction of sp³-hybridized carbons (Fsp3) is 0.176. The minimum atomic E-state index is 0.955. The first-order valence-corrected chi connectivity index (χ1v) is 7.61. The second-order valence-electron chi connectivity index (χ2n) is 4.81. The van der Waals surface area contributed by atoms with Gasteiger partial charge in [-0.3, -0.25) is 5.01 Å². The quantitative estimate of drug-likeness (QED) is 0.750. The van der Waals surface area contributed by atoms with Crippen LogP contribution in [0.4, 0.5) is 11.4 Å². The number of hydrogen-bond donors (Lipinski definition) is 0. The van der Waals surface area contributed by atoms with Crippen molar-refractivity contribution in [2.75, 3.05) is 18.6 Å². The number of benzene rings is 2. The Kier molecular flexibility index (Phi) is 3.81. The highest BCUT2D eigenvalue weighted by Gasteiger charge is 2.25. The summed E-state index contributed by atoms with van der Waals surface area (Å²) in [6, 6.07) is 17.1. The van der Waals surface area contributed by atoms with Crippen LogP contribution in [0.2, 0.25) is 0 Å². The third kappa shape index (κ3) is 2.35. The Balaban J connectivity index is 2.05. The van der Waals surface area contributed by atoms with E-state index in [4.69, 9.17) is 0 Å². The van der Waals surface area contributed by atoms with E-state index in [1.165, 1.54) is 21.2 Å². The summed E-state index contributed by atoms with van der Waals surface area (Å²) in [5.41, 5.74) is 2.51. The molecule has 2 nitrogen and oxygen atoms in total. The van der Waals surface area contributed by atoms with Crippen molar-refractivity contribution in [3.05, 3.63) is 61.2 Å². The number of nitrogens with zero attached hydrogens (tertiary/aromatic N) is 2. The monoisotopic (exact) mass is 282 g/mol. The lowest BCUT2D eigenvalue weighted by Gasteiger charge is -2.38. The van der Waals surface area contributed by atoms with Gasteiger partial charge in [-0.15, -0.1) is 6.58 Å². The van der Waals surface area contributed by atoms with Gasteiger partial charge in [0.2, 0.25) is 0 Å². The fourth-order valence-electron chi connectivity index (χ4n) is 2.43. The predicted molar refractivity (Wildman–Crippen MR) is 86.6 cm³/mol. The van der Waals surface area contributed by atoms with Crippen molar-refractivity contribution >= 4 is 23.1 Å². The van der Waals surface area contributed by atoms with Gasteiger partial charge in [-0.05, 0) is 30.7 Å². The van der Waals surface area contributed by atoms with Crippen LogP contribution in [0.3, 0.4) is 0 Å². The van der Waals surface area contributed by atoms with E-state index in [-0.39, 0.29) is 0 Å². The van der Waals surface area contributed by atoms with Gasteiger partial charge in [0.05, 0.1) is 11.4 Å². The van der Waals surface area contributed by atoms with Crippen molar-refractivity contribution < 1.29 is 0 Å². The molecule has 0 bridgehead atoms. The van der Waals surface area contributed by atoms with Crippen LogP contribution >= 0.6 is 11.8 Å². The van der Waals surface area contributed by atoms with Crippen LogP contribution < -0.4 is 5.01 Å².